The molecule has 102 valence electrons. The van der Waals surface area contributed by atoms with Crippen LogP contribution in [0.1, 0.15) is 5.56 Å². The quantitative estimate of drug-likeness (QED) is 0.679. The lowest BCUT2D eigenvalue weighted by Crippen LogP contribution is -2.07. The lowest BCUT2D eigenvalue weighted by molar-refractivity contribution is -0.137. The van der Waals surface area contributed by atoms with E-state index in [1.807, 2.05) is 0 Å². The highest BCUT2D eigenvalue weighted by atomic mass is 35.5. The predicted molar refractivity (Wildman–Crippen MR) is 71.5 cm³/mol. The number of halogens is 4. The molecular weight excluding hydrogens is 289 g/mol. The van der Waals surface area contributed by atoms with Crippen molar-refractivity contribution in [2.75, 3.05) is 0 Å². The van der Waals surface area contributed by atoms with Gasteiger partial charge in [0.1, 0.15) is 5.82 Å². The summed E-state index contributed by atoms with van der Waals surface area (Å²) in [5.74, 6) is 0.154. The molecule has 1 N–H and O–H groups in total. The lowest BCUT2D eigenvalue weighted by Gasteiger charge is -2.11. The molecule has 1 heterocycles. The minimum Gasteiger partial charge on any atom is -0.338 e. The normalized spacial score (nSPS) is 12.0. The van der Waals surface area contributed by atoms with E-state index in [-0.39, 0.29) is 16.4 Å². The van der Waals surface area contributed by atoms with Crippen LogP contribution in [0.2, 0.25) is 5.02 Å². The Bertz CT molecular complexity index is 744. The van der Waals surface area contributed by atoms with Crippen molar-refractivity contribution in [3.63, 3.8) is 0 Å². The molecule has 0 bridgehead atoms. The van der Waals surface area contributed by atoms with E-state index in [0.717, 1.165) is 6.07 Å². The van der Waals surface area contributed by atoms with Gasteiger partial charge in [-0.2, -0.15) is 13.2 Å². The highest BCUT2D eigenvalue weighted by molar-refractivity contribution is 6.30. The smallest absolute Gasteiger partial charge is 0.338 e. The van der Waals surface area contributed by atoms with Gasteiger partial charge in [-0.1, -0.05) is 23.7 Å². The number of imidazole rings is 1. The Morgan fingerprint density at radius 1 is 1.05 bits per heavy atom. The zero-order chi connectivity index (χ0) is 14.3. The highest BCUT2D eigenvalue weighted by Gasteiger charge is 2.34. The molecule has 0 aliphatic rings. The van der Waals surface area contributed by atoms with Crippen LogP contribution in [0.3, 0.4) is 0 Å². The number of H-pyrrole nitrogens is 1. The summed E-state index contributed by atoms with van der Waals surface area (Å²) in [6.07, 6.45) is -4.46. The third-order valence-electron chi connectivity index (χ3n) is 2.93. The Morgan fingerprint density at radius 3 is 2.50 bits per heavy atom. The first-order chi connectivity index (χ1) is 9.45. The minimum atomic E-state index is -4.46. The summed E-state index contributed by atoms with van der Waals surface area (Å²) in [5.41, 5.74) is 0.466. The molecule has 0 saturated heterocycles. The van der Waals surface area contributed by atoms with E-state index >= 15 is 0 Å². The largest absolute Gasteiger partial charge is 0.417 e. The molecule has 0 aliphatic heterocycles. The number of hydrogen-bond donors (Lipinski definition) is 1. The summed E-state index contributed by atoms with van der Waals surface area (Å²) in [4.78, 5) is 7.07. The molecule has 2 aromatic carbocycles. The van der Waals surface area contributed by atoms with Crippen LogP contribution in [0.5, 0.6) is 0 Å². The van der Waals surface area contributed by atoms with Crippen molar-refractivity contribution >= 4 is 22.6 Å². The average molecular weight is 297 g/mol. The summed E-state index contributed by atoms with van der Waals surface area (Å²) in [5, 5.41) is 0.230. The molecule has 1 aromatic heterocycles. The Balaban J connectivity index is 2.25. The molecule has 3 rings (SSSR count). The van der Waals surface area contributed by atoms with Crippen molar-refractivity contribution in [2.24, 2.45) is 0 Å². The fourth-order valence-corrected chi connectivity index (χ4v) is 2.21. The third kappa shape index (κ3) is 2.25. The van der Waals surface area contributed by atoms with Crippen LogP contribution in [-0.2, 0) is 6.18 Å². The van der Waals surface area contributed by atoms with Gasteiger partial charge in [0.2, 0.25) is 0 Å². The van der Waals surface area contributed by atoms with Gasteiger partial charge in [-0.15, -0.1) is 0 Å². The zero-order valence-corrected chi connectivity index (χ0v) is 10.8. The van der Waals surface area contributed by atoms with Crippen LogP contribution in [0.25, 0.3) is 22.4 Å². The molecule has 0 atom stereocenters. The first-order valence-electron chi connectivity index (χ1n) is 5.77. The van der Waals surface area contributed by atoms with Gasteiger partial charge < -0.3 is 4.98 Å². The van der Waals surface area contributed by atoms with Crippen molar-refractivity contribution in [1.82, 2.24) is 9.97 Å². The van der Waals surface area contributed by atoms with Gasteiger partial charge >= 0.3 is 6.18 Å². The molecular formula is C14H8ClF3N2. The molecule has 20 heavy (non-hydrogen) atoms. The molecule has 2 nitrogen and oxygen atoms in total. The summed E-state index contributed by atoms with van der Waals surface area (Å²) in [7, 11) is 0. The maximum Gasteiger partial charge on any atom is 0.417 e. The monoisotopic (exact) mass is 296 g/mol. The fraction of sp³-hybridized carbons (Fsp3) is 0.0714. The van der Waals surface area contributed by atoms with E-state index in [2.05, 4.69) is 9.97 Å². The van der Waals surface area contributed by atoms with Crippen molar-refractivity contribution in [3.8, 4) is 11.4 Å². The minimum absolute atomic E-state index is 0.0544. The van der Waals surface area contributed by atoms with E-state index in [1.54, 1.807) is 24.3 Å². The first kappa shape index (κ1) is 13.0. The van der Waals surface area contributed by atoms with Crippen LogP contribution in [0, 0.1) is 0 Å². The standard InChI is InChI=1S/C14H8ClF3N2/c15-8-5-6-10(14(16,17)18)9(7-8)13-19-11-3-1-2-4-12(11)20-13/h1-7H,(H,19,20). The highest BCUT2D eigenvalue weighted by Crippen LogP contribution is 2.37. The second kappa shape index (κ2) is 4.52. The van der Waals surface area contributed by atoms with E-state index in [0.29, 0.717) is 11.0 Å². The number of benzene rings is 2. The van der Waals surface area contributed by atoms with Crippen molar-refractivity contribution < 1.29 is 13.2 Å². The Labute approximate surface area is 117 Å². The number of nitrogens with one attached hydrogen (secondary N) is 1. The lowest BCUT2D eigenvalue weighted by atomic mass is 10.1. The van der Waals surface area contributed by atoms with E-state index < -0.39 is 11.7 Å². The van der Waals surface area contributed by atoms with Gasteiger partial charge in [-0.05, 0) is 30.3 Å². The summed E-state index contributed by atoms with van der Waals surface area (Å²) in [6.45, 7) is 0. The molecule has 0 radical (unpaired) electrons. The van der Waals surface area contributed by atoms with Gasteiger partial charge in [-0.3, -0.25) is 0 Å². The second-order valence-electron chi connectivity index (χ2n) is 4.29. The van der Waals surface area contributed by atoms with Crippen molar-refractivity contribution in [1.29, 1.82) is 0 Å². The van der Waals surface area contributed by atoms with Gasteiger partial charge in [0.15, 0.2) is 0 Å². The molecule has 0 saturated carbocycles. The first-order valence-corrected chi connectivity index (χ1v) is 6.15. The molecule has 0 amide bonds. The zero-order valence-electron chi connectivity index (χ0n) is 10.0. The second-order valence-corrected chi connectivity index (χ2v) is 4.73. The number of hydrogen-bond acceptors (Lipinski definition) is 1. The molecule has 0 fully saturated rings. The maximum absolute atomic E-state index is 13.0. The number of rotatable bonds is 1. The van der Waals surface area contributed by atoms with Crippen LogP contribution in [0.4, 0.5) is 13.2 Å². The van der Waals surface area contributed by atoms with E-state index in [4.69, 9.17) is 11.6 Å². The predicted octanol–water partition coefficient (Wildman–Crippen LogP) is 4.90. The summed E-state index contributed by atoms with van der Waals surface area (Å²) in [6, 6.07) is 10.5. The van der Waals surface area contributed by atoms with Crippen LogP contribution < -0.4 is 0 Å². The van der Waals surface area contributed by atoms with Crippen LogP contribution in [-0.4, -0.2) is 9.97 Å². The SMILES string of the molecule is FC(F)(F)c1ccc(Cl)cc1-c1nc2ccccc2[nH]1. The van der Waals surface area contributed by atoms with Crippen molar-refractivity contribution in [2.45, 2.75) is 6.18 Å². The maximum atomic E-state index is 13.0. The van der Waals surface area contributed by atoms with Gasteiger partial charge in [-0.25, -0.2) is 4.98 Å². The summed E-state index contributed by atoms with van der Waals surface area (Å²) < 4.78 is 39.1. The Kier molecular flexibility index (Phi) is 2.94. The van der Waals surface area contributed by atoms with Gasteiger partial charge in [0, 0.05) is 10.6 Å². The number of aromatic nitrogens is 2. The topological polar surface area (TPSA) is 28.7 Å². The molecule has 6 heteroatoms. The Morgan fingerprint density at radius 2 is 1.80 bits per heavy atom. The average Bonchev–Trinajstić information content (AvgIpc) is 2.80. The van der Waals surface area contributed by atoms with Crippen LogP contribution in [0.15, 0.2) is 42.5 Å². The Hall–Kier alpha value is -2.01. The number of aromatic amines is 1. The number of nitrogens with zero attached hydrogens (tertiary/aromatic N) is 1. The molecule has 3 aromatic rings. The van der Waals surface area contributed by atoms with E-state index in [1.165, 1.54) is 12.1 Å². The summed E-state index contributed by atoms with van der Waals surface area (Å²) >= 11 is 5.81. The number of fused-ring (bicyclic) bond motifs is 1. The number of para-hydroxylation sites is 2. The fourth-order valence-electron chi connectivity index (χ4n) is 2.04. The van der Waals surface area contributed by atoms with Gasteiger partial charge in [0.05, 0.1) is 16.6 Å². The van der Waals surface area contributed by atoms with Gasteiger partial charge in [0.25, 0.3) is 0 Å². The van der Waals surface area contributed by atoms with Crippen molar-refractivity contribution in [3.05, 3.63) is 53.1 Å². The third-order valence-corrected chi connectivity index (χ3v) is 3.17. The van der Waals surface area contributed by atoms with Crippen LogP contribution >= 0.6 is 11.6 Å². The molecule has 0 unspecified atom stereocenters. The molecule has 0 spiro atoms. The molecule has 0 aliphatic carbocycles. The van der Waals surface area contributed by atoms with E-state index in [9.17, 15) is 13.2 Å². The number of alkyl halides is 3.